The fraction of sp³-hybridized carbons (Fsp3) is 0.667. The van der Waals surface area contributed by atoms with E-state index in [2.05, 4.69) is 11.1 Å². The summed E-state index contributed by atoms with van der Waals surface area (Å²) in [5.74, 6) is -0.326. The fourth-order valence-electron chi connectivity index (χ4n) is 2.53. The summed E-state index contributed by atoms with van der Waals surface area (Å²) in [7, 11) is -5.60. The van der Waals surface area contributed by atoms with E-state index in [1.165, 1.54) is 57.1 Å². The van der Waals surface area contributed by atoms with Crippen LogP contribution in [0, 0.1) is 0 Å². The third-order valence-electron chi connectivity index (χ3n) is 3.98. The molecule has 0 aliphatic rings. The Morgan fingerprint density at radius 3 is 1.80 bits per heavy atom. The van der Waals surface area contributed by atoms with E-state index >= 15 is 0 Å². The van der Waals surface area contributed by atoms with Gasteiger partial charge in [-0.3, -0.25) is 0 Å². The van der Waals surface area contributed by atoms with Gasteiger partial charge in [-0.25, -0.2) is 0 Å². The zero-order chi connectivity index (χ0) is 18.8. The first-order chi connectivity index (χ1) is 11.8. The molecule has 0 atom stereocenters. The van der Waals surface area contributed by atoms with E-state index in [9.17, 15) is 21.6 Å². The topological polar surface area (TPSA) is 43.4 Å². The molecule has 0 saturated carbocycles. The minimum absolute atomic E-state index is 0.326. The van der Waals surface area contributed by atoms with Crippen molar-refractivity contribution >= 4 is 10.1 Å². The molecule has 0 radical (unpaired) electrons. The fourth-order valence-corrected chi connectivity index (χ4v) is 2.98. The molecule has 0 N–H and O–H groups in total. The Bertz CT molecular complexity index is 581. The molecule has 0 heterocycles. The molecular formula is C18H27F3O3S. The van der Waals surface area contributed by atoms with E-state index in [1.807, 2.05) is 0 Å². The summed E-state index contributed by atoms with van der Waals surface area (Å²) >= 11 is 0. The van der Waals surface area contributed by atoms with Crippen molar-refractivity contribution in [2.75, 3.05) is 0 Å². The van der Waals surface area contributed by atoms with Gasteiger partial charge in [-0.05, 0) is 30.5 Å². The van der Waals surface area contributed by atoms with Gasteiger partial charge >= 0.3 is 15.6 Å². The third kappa shape index (κ3) is 8.61. The largest absolute Gasteiger partial charge is 0.534 e. The smallest absolute Gasteiger partial charge is 0.376 e. The lowest BCUT2D eigenvalue weighted by atomic mass is 10.0. The van der Waals surface area contributed by atoms with Crippen molar-refractivity contribution in [3.05, 3.63) is 29.8 Å². The van der Waals surface area contributed by atoms with Crippen LogP contribution in [0.25, 0.3) is 0 Å². The molecule has 144 valence electrons. The quantitative estimate of drug-likeness (QED) is 0.254. The normalized spacial score (nSPS) is 12.3. The van der Waals surface area contributed by atoms with Crippen LogP contribution in [0.2, 0.25) is 0 Å². The first-order valence-electron chi connectivity index (χ1n) is 8.86. The lowest BCUT2D eigenvalue weighted by Gasteiger charge is -2.09. The van der Waals surface area contributed by atoms with Gasteiger partial charge in [0.15, 0.2) is 0 Å². The van der Waals surface area contributed by atoms with Crippen molar-refractivity contribution < 1.29 is 25.8 Å². The zero-order valence-corrected chi connectivity index (χ0v) is 15.5. The van der Waals surface area contributed by atoms with E-state index in [1.54, 1.807) is 12.1 Å². The number of halogens is 3. The van der Waals surface area contributed by atoms with Crippen molar-refractivity contribution in [3.63, 3.8) is 0 Å². The second kappa shape index (κ2) is 10.7. The summed E-state index contributed by atoms with van der Waals surface area (Å²) in [6, 6.07) is 5.72. The van der Waals surface area contributed by atoms with Crippen LogP contribution < -0.4 is 4.18 Å². The summed E-state index contributed by atoms with van der Waals surface area (Å²) < 4.78 is 62.6. The minimum Gasteiger partial charge on any atom is -0.376 e. The van der Waals surface area contributed by atoms with Crippen LogP contribution in [0.4, 0.5) is 13.2 Å². The summed E-state index contributed by atoms with van der Waals surface area (Å²) in [6.45, 7) is 2.20. The highest BCUT2D eigenvalue weighted by atomic mass is 32.2. The summed E-state index contributed by atoms with van der Waals surface area (Å²) in [6.07, 6.45) is 11.8. The maximum atomic E-state index is 12.2. The number of hydrogen-bond donors (Lipinski definition) is 0. The molecular weight excluding hydrogens is 353 g/mol. The summed E-state index contributed by atoms with van der Waals surface area (Å²) in [5.41, 5.74) is -4.46. The van der Waals surface area contributed by atoms with Crippen molar-refractivity contribution in [2.24, 2.45) is 0 Å². The van der Waals surface area contributed by atoms with Crippen LogP contribution in [0.15, 0.2) is 24.3 Å². The molecule has 0 bridgehead atoms. The molecule has 1 rings (SSSR count). The predicted octanol–water partition coefficient (Wildman–Crippen LogP) is 5.99. The summed E-state index contributed by atoms with van der Waals surface area (Å²) in [4.78, 5) is 0. The average Bonchev–Trinajstić information content (AvgIpc) is 2.53. The van der Waals surface area contributed by atoms with Crippen LogP contribution >= 0.6 is 0 Å². The second-order valence-corrected chi connectivity index (χ2v) is 7.74. The van der Waals surface area contributed by atoms with Crippen molar-refractivity contribution in [3.8, 4) is 5.75 Å². The van der Waals surface area contributed by atoms with E-state index in [-0.39, 0.29) is 5.75 Å². The van der Waals surface area contributed by atoms with Crippen LogP contribution in [0.1, 0.15) is 70.3 Å². The molecule has 0 aromatic heterocycles. The number of benzene rings is 1. The average molecular weight is 380 g/mol. The Kier molecular flexibility index (Phi) is 9.32. The van der Waals surface area contributed by atoms with Crippen molar-refractivity contribution in [1.29, 1.82) is 0 Å². The van der Waals surface area contributed by atoms with Gasteiger partial charge < -0.3 is 4.18 Å². The SMILES string of the molecule is CCCCCCCCCCCc1ccc(OS(=O)(=O)C(F)(F)F)cc1. The monoisotopic (exact) mass is 380 g/mol. The van der Waals surface area contributed by atoms with E-state index < -0.39 is 15.6 Å². The van der Waals surface area contributed by atoms with Gasteiger partial charge in [-0.2, -0.15) is 21.6 Å². The molecule has 1 aromatic rings. The molecule has 7 heteroatoms. The summed E-state index contributed by atoms with van der Waals surface area (Å²) in [5, 5.41) is 0. The molecule has 1 aromatic carbocycles. The minimum atomic E-state index is -5.60. The first kappa shape index (κ1) is 21.8. The second-order valence-electron chi connectivity index (χ2n) is 6.21. The number of aryl methyl sites for hydroxylation is 1. The lowest BCUT2D eigenvalue weighted by molar-refractivity contribution is -0.0500. The van der Waals surface area contributed by atoms with Crippen molar-refractivity contribution in [1.82, 2.24) is 0 Å². The maximum absolute atomic E-state index is 12.2. The molecule has 0 aliphatic heterocycles. The third-order valence-corrected chi connectivity index (χ3v) is 4.96. The lowest BCUT2D eigenvalue weighted by Crippen LogP contribution is -2.28. The first-order valence-corrected chi connectivity index (χ1v) is 10.3. The Morgan fingerprint density at radius 2 is 1.32 bits per heavy atom. The Morgan fingerprint density at radius 1 is 0.840 bits per heavy atom. The standard InChI is InChI=1S/C18H27F3O3S/c1-2-3-4-5-6-7-8-9-10-11-16-12-14-17(15-13-16)24-25(22,23)18(19,20)21/h12-15H,2-11H2,1H3. The van der Waals surface area contributed by atoms with Gasteiger partial charge in [0.05, 0.1) is 0 Å². The van der Waals surface area contributed by atoms with Crippen LogP contribution in [-0.4, -0.2) is 13.9 Å². The molecule has 0 unspecified atom stereocenters. The van der Waals surface area contributed by atoms with Gasteiger partial charge in [0, 0.05) is 0 Å². The molecule has 25 heavy (non-hydrogen) atoms. The van der Waals surface area contributed by atoms with Crippen LogP contribution in [0.3, 0.4) is 0 Å². The highest BCUT2D eigenvalue weighted by molar-refractivity contribution is 7.87. The maximum Gasteiger partial charge on any atom is 0.534 e. The van der Waals surface area contributed by atoms with Gasteiger partial charge in [0.1, 0.15) is 5.75 Å². The van der Waals surface area contributed by atoms with Crippen molar-refractivity contribution in [2.45, 2.75) is 76.6 Å². The number of unbranched alkanes of at least 4 members (excludes halogenated alkanes) is 8. The Balaban J connectivity index is 2.25. The molecule has 0 saturated heterocycles. The van der Waals surface area contributed by atoms with Crippen LogP contribution in [0.5, 0.6) is 5.75 Å². The number of rotatable bonds is 12. The Labute approximate surface area is 148 Å². The predicted molar refractivity (Wildman–Crippen MR) is 93.0 cm³/mol. The van der Waals surface area contributed by atoms with Gasteiger partial charge in [0.25, 0.3) is 0 Å². The van der Waals surface area contributed by atoms with Crippen LogP contribution in [-0.2, 0) is 16.5 Å². The number of hydrogen-bond acceptors (Lipinski definition) is 3. The Hall–Kier alpha value is -1.24. The van der Waals surface area contributed by atoms with Gasteiger partial charge in [-0.15, -0.1) is 0 Å². The zero-order valence-electron chi connectivity index (χ0n) is 14.6. The van der Waals surface area contributed by atoms with Gasteiger partial charge in [-0.1, -0.05) is 70.4 Å². The molecule has 3 nitrogen and oxygen atoms in total. The molecule has 0 fully saturated rings. The molecule has 0 aliphatic carbocycles. The number of alkyl halides is 3. The van der Waals surface area contributed by atoms with E-state index in [4.69, 9.17) is 0 Å². The van der Waals surface area contributed by atoms with E-state index in [0.717, 1.165) is 24.8 Å². The van der Waals surface area contributed by atoms with E-state index in [0.29, 0.717) is 0 Å². The molecule has 0 amide bonds. The van der Waals surface area contributed by atoms with Gasteiger partial charge in [0.2, 0.25) is 0 Å². The highest BCUT2D eigenvalue weighted by Crippen LogP contribution is 2.27. The molecule has 0 spiro atoms. The highest BCUT2D eigenvalue weighted by Gasteiger charge is 2.48.